The summed E-state index contributed by atoms with van der Waals surface area (Å²) in [6.45, 7) is 0.420. The molecule has 0 spiro atoms. The van der Waals surface area contributed by atoms with Crippen molar-refractivity contribution in [3.63, 3.8) is 0 Å². The highest BCUT2D eigenvalue weighted by atomic mass is 35.5. The molecule has 98 valence electrons. The summed E-state index contributed by atoms with van der Waals surface area (Å²) in [6.07, 6.45) is 6.16. The molecule has 19 heavy (non-hydrogen) atoms. The van der Waals surface area contributed by atoms with Crippen LogP contribution in [0.2, 0.25) is 5.02 Å². The monoisotopic (exact) mass is 274 g/mol. The van der Waals surface area contributed by atoms with Crippen molar-refractivity contribution in [2.24, 2.45) is 0 Å². The van der Waals surface area contributed by atoms with Crippen LogP contribution in [0.4, 0.5) is 0 Å². The molecule has 0 unspecified atom stereocenters. The van der Waals surface area contributed by atoms with E-state index in [1.165, 1.54) is 18.4 Å². The number of nitrogens with zero attached hydrogens (tertiary/aromatic N) is 2. The van der Waals surface area contributed by atoms with Crippen LogP contribution in [-0.2, 0) is 19.4 Å². The van der Waals surface area contributed by atoms with Crippen molar-refractivity contribution >= 4 is 11.6 Å². The quantitative estimate of drug-likeness (QED) is 0.858. The lowest BCUT2D eigenvalue weighted by atomic mass is 9.96. The van der Waals surface area contributed by atoms with E-state index in [-0.39, 0.29) is 0 Å². The number of pyridine rings is 2. The second-order valence-corrected chi connectivity index (χ2v) is 5.09. The molecule has 0 saturated carbocycles. The molecule has 0 aromatic carbocycles. The molecule has 3 nitrogen and oxygen atoms in total. The maximum atomic E-state index is 6.29. The van der Waals surface area contributed by atoms with Gasteiger partial charge < -0.3 is 4.74 Å². The molecule has 0 saturated heterocycles. The zero-order chi connectivity index (χ0) is 13.1. The first-order valence-corrected chi connectivity index (χ1v) is 6.92. The predicted molar refractivity (Wildman–Crippen MR) is 74.5 cm³/mol. The Morgan fingerprint density at radius 1 is 1.21 bits per heavy atom. The minimum atomic E-state index is 0.420. The number of aryl methyl sites for hydroxylation is 1. The summed E-state index contributed by atoms with van der Waals surface area (Å²) in [5.74, 6) is 0.594. The first-order chi connectivity index (χ1) is 9.33. The zero-order valence-electron chi connectivity index (χ0n) is 10.6. The Bertz CT molecular complexity index is 572. The molecule has 0 aliphatic heterocycles. The fourth-order valence-corrected chi connectivity index (χ4v) is 2.63. The second kappa shape index (κ2) is 5.57. The fourth-order valence-electron chi connectivity index (χ4n) is 2.34. The maximum Gasteiger partial charge on any atom is 0.215 e. The third-order valence-corrected chi connectivity index (χ3v) is 3.65. The largest absolute Gasteiger partial charge is 0.471 e. The standard InChI is InChI=1S/C15H15ClN2O/c16-13-9-15(18-14-7-2-1-6-12(13)14)19-10-11-5-3-4-8-17-11/h3-5,8-9H,1-2,6-7,10H2. The summed E-state index contributed by atoms with van der Waals surface area (Å²) < 4.78 is 5.68. The van der Waals surface area contributed by atoms with Crippen LogP contribution in [0.15, 0.2) is 30.5 Å². The molecule has 4 heteroatoms. The third kappa shape index (κ3) is 2.87. The molecule has 0 radical (unpaired) electrons. The van der Waals surface area contributed by atoms with Crippen molar-refractivity contribution in [2.75, 3.05) is 0 Å². The van der Waals surface area contributed by atoms with Crippen LogP contribution in [0, 0.1) is 0 Å². The van der Waals surface area contributed by atoms with Crippen LogP contribution >= 0.6 is 11.6 Å². The van der Waals surface area contributed by atoms with E-state index >= 15 is 0 Å². The molecular weight excluding hydrogens is 260 g/mol. The van der Waals surface area contributed by atoms with Gasteiger partial charge in [-0.25, -0.2) is 4.98 Å². The van der Waals surface area contributed by atoms with Gasteiger partial charge in [0, 0.05) is 18.0 Å². The van der Waals surface area contributed by atoms with Gasteiger partial charge in [-0.15, -0.1) is 0 Å². The Hall–Kier alpha value is -1.61. The van der Waals surface area contributed by atoms with Gasteiger partial charge in [-0.05, 0) is 43.4 Å². The van der Waals surface area contributed by atoms with Crippen LogP contribution in [-0.4, -0.2) is 9.97 Å². The predicted octanol–water partition coefficient (Wildman–Crippen LogP) is 3.59. The topological polar surface area (TPSA) is 35.0 Å². The fraction of sp³-hybridized carbons (Fsp3) is 0.333. The van der Waals surface area contributed by atoms with Crippen molar-refractivity contribution in [2.45, 2.75) is 32.3 Å². The van der Waals surface area contributed by atoms with Gasteiger partial charge in [-0.3, -0.25) is 4.98 Å². The first kappa shape index (κ1) is 12.4. The zero-order valence-corrected chi connectivity index (χ0v) is 11.4. The molecule has 1 aliphatic rings. The molecule has 0 fully saturated rings. The van der Waals surface area contributed by atoms with E-state index in [0.717, 1.165) is 29.3 Å². The summed E-state index contributed by atoms with van der Waals surface area (Å²) in [4.78, 5) is 8.77. The van der Waals surface area contributed by atoms with E-state index in [4.69, 9.17) is 16.3 Å². The van der Waals surface area contributed by atoms with Crippen molar-refractivity contribution in [3.8, 4) is 5.88 Å². The Kier molecular flexibility index (Phi) is 3.65. The number of rotatable bonds is 3. The van der Waals surface area contributed by atoms with Crippen LogP contribution in [0.1, 0.15) is 29.8 Å². The maximum absolute atomic E-state index is 6.29. The van der Waals surface area contributed by atoms with Gasteiger partial charge in [-0.2, -0.15) is 0 Å². The molecule has 0 bridgehead atoms. The SMILES string of the molecule is Clc1cc(OCc2ccccn2)nc2c1CCCC2. The molecule has 0 N–H and O–H groups in total. The van der Waals surface area contributed by atoms with Crippen LogP contribution in [0.5, 0.6) is 5.88 Å². The summed E-state index contributed by atoms with van der Waals surface area (Å²) >= 11 is 6.29. The first-order valence-electron chi connectivity index (χ1n) is 6.54. The van der Waals surface area contributed by atoms with Crippen LogP contribution in [0.3, 0.4) is 0 Å². The number of ether oxygens (including phenoxy) is 1. The van der Waals surface area contributed by atoms with Gasteiger partial charge in [0.2, 0.25) is 5.88 Å². The molecule has 2 aromatic rings. The second-order valence-electron chi connectivity index (χ2n) is 4.68. The minimum Gasteiger partial charge on any atom is -0.471 e. The van der Waals surface area contributed by atoms with Gasteiger partial charge in [0.05, 0.1) is 10.7 Å². The van der Waals surface area contributed by atoms with E-state index in [9.17, 15) is 0 Å². The van der Waals surface area contributed by atoms with E-state index in [1.54, 1.807) is 6.20 Å². The number of hydrogen-bond acceptors (Lipinski definition) is 3. The van der Waals surface area contributed by atoms with E-state index < -0.39 is 0 Å². The lowest BCUT2D eigenvalue weighted by Gasteiger charge is -2.17. The molecule has 1 aliphatic carbocycles. The molecule has 3 rings (SSSR count). The molecule has 0 atom stereocenters. The summed E-state index contributed by atoms with van der Waals surface area (Å²) in [5, 5.41) is 0.778. The Morgan fingerprint density at radius 3 is 2.95 bits per heavy atom. The number of halogens is 1. The molecule has 0 amide bonds. The smallest absolute Gasteiger partial charge is 0.215 e. The lowest BCUT2D eigenvalue weighted by Crippen LogP contribution is -2.08. The van der Waals surface area contributed by atoms with Gasteiger partial charge in [-0.1, -0.05) is 17.7 Å². The highest BCUT2D eigenvalue weighted by Gasteiger charge is 2.15. The molecule has 2 heterocycles. The van der Waals surface area contributed by atoms with Gasteiger partial charge in [0.25, 0.3) is 0 Å². The Morgan fingerprint density at radius 2 is 2.11 bits per heavy atom. The van der Waals surface area contributed by atoms with Crippen LogP contribution in [0.25, 0.3) is 0 Å². The van der Waals surface area contributed by atoms with E-state index in [1.807, 2.05) is 24.3 Å². The van der Waals surface area contributed by atoms with Gasteiger partial charge >= 0.3 is 0 Å². The van der Waals surface area contributed by atoms with Crippen molar-refractivity contribution in [1.29, 1.82) is 0 Å². The average molecular weight is 275 g/mol. The van der Waals surface area contributed by atoms with Crippen molar-refractivity contribution < 1.29 is 4.74 Å². The van der Waals surface area contributed by atoms with Crippen molar-refractivity contribution in [3.05, 3.63) is 52.4 Å². The Labute approximate surface area is 117 Å². The molecule has 2 aromatic heterocycles. The number of hydrogen-bond donors (Lipinski definition) is 0. The summed E-state index contributed by atoms with van der Waals surface area (Å²) in [7, 11) is 0. The van der Waals surface area contributed by atoms with E-state index in [2.05, 4.69) is 9.97 Å². The lowest BCUT2D eigenvalue weighted by molar-refractivity contribution is 0.288. The summed E-state index contributed by atoms with van der Waals surface area (Å²) in [6, 6.07) is 7.57. The number of aromatic nitrogens is 2. The highest BCUT2D eigenvalue weighted by Crippen LogP contribution is 2.29. The van der Waals surface area contributed by atoms with Gasteiger partial charge in [0.15, 0.2) is 0 Å². The normalized spacial score (nSPS) is 13.9. The van der Waals surface area contributed by atoms with Gasteiger partial charge in [0.1, 0.15) is 6.61 Å². The third-order valence-electron chi connectivity index (χ3n) is 3.32. The summed E-state index contributed by atoms with van der Waals surface area (Å²) in [5.41, 5.74) is 3.17. The average Bonchev–Trinajstić information content (AvgIpc) is 2.46. The van der Waals surface area contributed by atoms with E-state index in [0.29, 0.717) is 12.5 Å². The molecular formula is C15H15ClN2O. The van der Waals surface area contributed by atoms with Crippen LogP contribution < -0.4 is 4.74 Å². The highest BCUT2D eigenvalue weighted by molar-refractivity contribution is 6.31. The van der Waals surface area contributed by atoms with Crippen molar-refractivity contribution in [1.82, 2.24) is 9.97 Å². The number of fused-ring (bicyclic) bond motifs is 1. The Balaban J connectivity index is 1.76. The minimum absolute atomic E-state index is 0.420.